The molecule has 0 radical (unpaired) electrons. The molecular weight excluding hydrogens is 492 g/mol. The third-order valence-corrected chi connectivity index (χ3v) is 7.96. The van der Waals surface area contributed by atoms with Crippen molar-refractivity contribution in [3.8, 4) is 11.5 Å². The summed E-state index contributed by atoms with van der Waals surface area (Å²) >= 11 is 6.00. The Kier molecular flexibility index (Phi) is 5.91. The Balaban J connectivity index is 1.27. The van der Waals surface area contributed by atoms with Gasteiger partial charge in [-0.1, -0.05) is 11.6 Å². The Hall–Kier alpha value is -3.54. The van der Waals surface area contributed by atoms with Gasteiger partial charge in [0.15, 0.2) is 6.20 Å². The first-order valence-electron chi connectivity index (χ1n) is 10.8. The minimum atomic E-state index is -3.75. The monoisotopic (exact) mass is 512 g/mol. The third kappa shape index (κ3) is 4.45. The predicted octanol–water partition coefficient (Wildman–Crippen LogP) is 2.37. The van der Waals surface area contributed by atoms with Crippen LogP contribution in [0.15, 0.2) is 60.0 Å². The van der Waals surface area contributed by atoms with Crippen molar-refractivity contribution >= 4 is 38.4 Å². The molecular formula is C23H21ClN6O4S. The largest absolute Gasteiger partial charge is 0.618 e. The van der Waals surface area contributed by atoms with E-state index in [9.17, 15) is 18.4 Å². The third-order valence-electron chi connectivity index (χ3n) is 5.90. The predicted molar refractivity (Wildman–Crippen MR) is 129 cm³/mol. The molecule has 35 heavy (non-hydrogen) atoms. The van der Waals surface area contributed by atoms with Crippen LogP contribution in [-0.4, -0.2) is 64.7 Å². The number of H-pyrrole nitrogens is 1. The molecule has 5 rings (SSSR count). The van der Waals surface area contributed by atoms with E-state index in [4.69, 9.17) is 11.6 Å². The van der Waals surface area contributed by atoms with Crippen LogP contribution in [0, 0.1) is 12.1 Å². The van der Waals surface area contributed by atoms with Crippen LogP contribution in [0.3, 0.4) is 0 Å². The molecule has 0 unspecified atom stereocenters. The zero-order valence-electron chi connectivity index (χ0n) is 18.7. The molecule has 1 saturated heterocycles. The first-order valence-corrected chi connectivity index (χ1v) is 12.6. The number of nitrogens with one attached hydrogen (secondary N) is 1. The highest BCUT2D eigenvalue weighted by molar-refractivity contribution is 7.89. The highest BCUT2D eigenvalue weighted by Crippen LogP contribution is 2.25. The average Bonchev–Trinajstić information content (AvgIpc) is 3.29. The molecule has 10 nitrogen and oxygen atoms in total. The van der Waals surface area contributed by atoms with Crippen molar-refractivity contribution in [2.45, 2.75) is 11.9 Å². The van der Waals surface area contributed by atoms with Crippen LogP contribution in [0.25, 0.3) is 22.4 Å². The number of amides is 1. The van der Waals surface area contributed by atoms with E-state index in [0.717, 1.165) is 5.56 Å². The number of aromatic nitrogens is 4. The van der Waals surface area contributed by atoms with Gasteiger partial charge in [-0.2, -0.15) is 9.04 Å². The summed E-state index contributed by atoms with van der Waals surface area (Å²) in [4.78, 5) is 25.8. The number of aromatic amines is 1. The van der Waals surface area contributed by atoms with Gasteiger partial charge in [0.1, 0.15) is 5.03 Å². The lowest BCUT2D eigenvalue weighted by atomic mass is 10.2. The number of piperazine rings is 1. The minimum Gasteiger partial charge on any atom is -0.618 e. The Morgan fingerprint density at radius 3 is 2.51 bits per heavy atom. The van der Waals surface area contributed by atoms with Crippen LogP contribution in [0.4, 0.5) is 0 Å². The zero-order chi connectivity index (χ0) is 24.7. The fraction of sp³-hybridized carbons (Fsp3) is 0.217. The first-order chi connectivity index (χ1) is 16.7. The lowest BCUT2D eigenvalue weighted by Gasteiger charge is -2.33. The summed E-state index contributed by atoms with van der Waals surface area (Å²) in [6, 6.07) is 10.0. The van der Waals surface area contributed by atoms with Gasteiger partial charge in [-0.05, 0) is 36.8 Å². The second-order valence-corrected chi connectivity index (χ2v) is 10.6. The molecule has 1 N–H and O–H groups in total. The number of nitrogens with zero attached hydrogens (tertiary/aromatic N) is 5. The first kappa shape index (κ1) is 23.2. The van der Waals surface area contributed by atoms with Crippen molar-refractivity contribution in [3.63, 3.8) is 0 Å². The molecule has 1 aromatic carbocycles. The van der Waals surface area contributed by atoms with Crippen molar-refractivity contribution < 1.29 is 17.9 Å². The summed E-state index contributed by atoms with van der Waals surface area (Å²) in [6.45, 7) is 2.62. The van der Waals surface area contributed by atoms with Crippen molar-refractivity contribution in [2.75, 3.05) is 26.2 Å². The van der Waals surface area contributed by atoms with Gasteiger partial charge >= 0.3 is 0 Å². The molecule has 0 saturated carbocycles. The molecule has 1 aliphatic rings. The van der Waals surface area contributed by atoms with Crippen LogP contribution >= 0.6 is 11.6 Å². The minimum absolute atomic E-state index is 0.0882. The standard InChI is InChI=1S/C23H21ClN6O4S/c1-15-4-5-30(32)20(10-15)22-25-13-17(14-26-22)23(31)28-6-8-29(9-7-28)35(33,34)21-12-16-11-18(24)2-3-19(16)27-21/h2-5,10-14,27H,6-9H2,1H3. The number of fused-ring (bicyclic) bond motifs is 1. The van der Waals surface area contributed by atoms with Gasteiger partial charge < -0.3 is 15.1 Å². The Labute approximate surface area is 206 Å². The van der Waals surface area contributed by atoms with Gasteiger partial charge in [-0.15, -0.1) is 0 Å². The molecule has 1 aliphatic heterocycles. The van der Waals surface area contributed by atoms with Crippen LogP contribution in [0.1, 0.15) is 15.9 Å². The number of aryl methyl sites for hydroxylation is 1. The molecule has 0 spiro atoms. The molecule has 1 fully saturated rings. The van der Waals surface area contributed by atoms with E-state index in [1.807, 2.05) is 6.92 Å². The number of pyridine rings is 1. The molecule has 3 aromatic heterocycles. The van der Waals surface area contributed by atoms with E-state index in [1.165, 1.54) is 22.9 Å². The number of hydrogen-bond acceptors (Lipinski definition) is 6. The van der Waals surface area contributed by atoms with Crippen LogP contribution < -0.4 is 4.73 Å². The normalized spacial score (nSPS) is 15.0. The van der Waals surface area contributed by atoms with Gasteiger partial charge in [0.2, 0.25) is 5.82 Å². The number of rotatable bonds is 4. The van der Waals surface area contributed by atoms with Crippen LogP contribution in [-0.2, 0) is 10.0 Å². The lowest BCUT2D eigenvalue weighted by molar-refractivity contribution is -0.594. The smallest absolute Gasteiger partial charge is 0.261 e. The fourth-order valence-electron chi connectivity index (χ4n) is 4.00. The fourth-order valence-corrected chi connectivity index (χ4v) is 5.61. The Morgan fingerprint density at radius 1 is 1.09 bits per heavy atom. The van der Waals surface area contributed by atoms with Crippen LogP contribution in [0.2, 0.25) is 5.02 Å². The van der Waals surface area contributed by atoms with Gasteiger partial charge in [0, 0.05) is 66.6 Å². The summed E-state index contributed by atoms with van der Waals surface area (Å²) in [6.07, 6.45) is 4.14. The maximum atomic E-state index is 13.1. The van der Waals surface area contributed by atoms with Gasteiger partial charge in [0.05, 0.1) is 5.56 Å². The molecule has 180 valence electrons. The lowest BCUT2D eigenvalue weighted by Crippen LogP contribution is -2.50. The molecule has 0 bridgehead atoms. The molecule has 4 heterocycles. The molecule has 1 amide bonds. The van der Waals surface area contributed by atoms with E-state index in [-0.39, 0.29) is 48.5 Å². The summed E-state index contributed by atoms with van der Waals surface area (Å²) < 4.78 is 28.3. The number of carbonyl (C=O) groups excluding carboxylic acids is 1. The highest BCUT2D eigenvalue weighted by atomic mass is 35.5. The number of halogens is 1. The summed E-state index contributed by atoms with van der Waals surface area (Å²) in [5.41, 5.74) is 2.13. The van der Waals surface area contributed by atoms with E-state index >= 15 is 0 Å². The van der Waals surface area contributed by atoms with Gasteiger partial charge in [0.25, 0.3) is 21.6 Å². The summed E-state index contributed by atoms with van der Waals surface area (Å²) in [5.74, 6) is -0.0797. The van der Waals surface area contributed by atoms with E-state index in [0.29, 0.717) is 26.3 Å². The van der Waals surface area contributed by atoms with Crippen molar-refractivity contribution in [1.82, 2.24) is 24.2 Å². The van der Waals surface area contributed by atoms with Gasteiger partial charge in [-0.25, -0.2) is 18.4 Å². The summed E-state index contributed by atoms with van der Waals surface area (Å²) in [5, 5.41) is 13.3. The molecule has 0 aliphatic carbocycles. The van der Waals surface area contributed by atoms with Crippen molar-refractivity contribution in [3.05, 3.63) is 76.3 Å². The SMILES string of the molecule is Cc1cc[n+]([O-])c(-c2ncc(C(=O)N3CCN(S(=O)(=O)c4cc5cc(Cl)ccc5[nH]4)CC3)cn2)c1. The topological polar surface area (TPSA) is 126 Å². The number of benzene rings is 1. The quantitative estimate of drug-likeness (QED) is 0.330. The number of sulfonamides is 1. The molecule has 12 heteroatoms. The average molecular weight is 513 g/mol. The van der Waals surface area contributed by atoms with Crippen molar-refractivity contribution in [1.29, 1.82) is 0 Å². The zero-order valence-corrected chi connectivity index (χ0v) is 20.3. The van der Waals surface area contributed by atoms with E-state index in [2.05, 4.69) is 15.0 Å². The highest BCUT2D eigenvalue weighted by Gasteiger charge is 2.32. The van der Waals surface area contributed by atoms with Crippen molar-refractivity contribution in [2.24, 2.45) is 0 Å². The second-order valence-electron chi connectivity index (χ2n) is 8.27. The van der Waals surface area contributed by atoms with Crippen LogP contribution in [0.5, 0.6) is 0 Å². The maximum Gasteiger partial charge on any atom is 0.261 e. The Morgan fingerprint density at radius 2 is 1.80 bits per heavy atom. The second kappa shape index (κ2) is 8.91. The van der Waals surface area contributed by atoms with E-state index in [1.54, 1.807) is 41.3 Å². The van der Waals surface area contributed by atoms with E-state index < -0.39 is 10.0 Å². The van der Waals surface area contributed by atoms with Gasteiger partial charge in [-0.3, -0.25) is 4.79 Å². The number of hydrogen-bond donors (Lipinski definition) is 1. The maximum absolute atomic E-state index is 13.1. The molecule has 4 aromatic rings. The Bertz CT molecular complexity index is 1530. The summed E-state index contributed by atoms with van der Waals surface area (Å²) in [7, 11) is -3.75. The number of carbonyl (C=O) groups is 1. The molecule has 0 atom stereocenters.